The number of benzene rings is 3. The molecule has 192 valence electrons. The zero-order valence-electron chi connectivity index (χ0n) is 20.6. The molecular weight excluding hydrogens is 478 g/mol. The van der Waals surface area contributed by atoms with E-state index in [2.05, 4.69) is 15.8 Å². The molecule has 3 aromatic rings. The molecule has 0 atom stereocenters. The Labute approximate surface area is 214 Å². The van der Waals surface area contributed by atoms with Crippen molar-refractivity contribution >= 4 is 24.0 Å². The first-order chi connectivity index (χ1) is 17.9. The van der Waals surface area contributed by atoms with Crippen LogP contribution in [0.1, 0.15) is 33.2 Å². The molecule has 2 N–H and O–H groups in total. The van der Waals surface area contributed by atoms with Crippen LogP contribution < -0.4 is 29.7 Å². The van der Waals surface area contributed by atoms with E-state index in [1.54, 1.807) is 66.7 Å². The second-order valence-electron chi connectivity index (χ2n) is 7.46. The minimum atomic E-state index is -0.549. The van der Waals surface area contributed by atoms with Crippen molar-refractivity contribution in [3.8, 4) is 23.0 Å². The first kappa shape index (κ1) is 26.7. The van der Waals surface area contributed by atoms with Gasteiger partial charge in [0, 0.05) is 5.56 Å². The smallest absolute Gasteiger partial charge is 0.343 e. The molecule has 0 saturated heterocycles. The van der Waals surface area contributed by atoms with E-state index in [4.69, 9.17) is 18.9 Å². The number of carbonyl (C=O) groups is 3. The highest BCUT2D eigenvalue weighted by molar-refractivity contribution is 5.96. The SMILES string of the molecule is CCOc1ccc(C(=O)Oc2ccc(/C=N\NC(=O)CNC(=O)c3ccc(OC)cc3)cc2OC)cc1. The van der Waals surface area contributed by atoms with Crippen molar-refractivity contribution in [1.29, 1.82) is 0 Å². The number of rotatable bonds is 11. The maximum absolute atomic E-state index is 12.5. The third-order valence-electron chi connectivity index (χ3n) is 4.96. The Morgan fingerprint density at radius 3 is 2.16 bits per heavy atom. The number of ether oxygens (including phenoxy) is 4. The van der Waals surface area contributed by atoms with E-state index in [1.165, 1.54) is 20.4 Å². The van der Waals surface area contributed by atoms with Crippen LogP contribution in [0.3, 0.4) is 0 Å². The van der Waals surface area contributed by atoms with Crippen LogP contribution in [0.15, 0.2) is 71.8 Å². The van der Waals surface area contributed by atoms with Crippen molar-refractivity contribution in [2.75, 3.05) is 27.4 Å². The van der Waals surface area contributed by atoms with Gasteiger partial charge in [-0.05, 0) is 79.2 Å². The maximum atomic E-state index is 12.5. The predicted molar refractivity (Wildman–Crippen MR) is 137 cm³/mol. The zero-order valence-corrected chi connectivity index (χ0v) is 20.6. The Morgan fingerprint density at radius 1 is 0.838 bits per heavy atom. The third-order valence-corrected chi connectivity index (χ3v) is 4.96. The molecule has 0 aromatic heterocycles. The Bertz CT molecular complexity index is 1260. The number of nitrogens with zero attached hydrogens (tertiary/aromatic N) is 1. The molecule has 0 radical (unpaired) electrons. The summed E-state index contributed by atoms with van der Waals surface area (Å²) in [6.07, 6.45) is 1.39. The molecule has 2 amide bonds. The van der Waals surface area contributed by atoms with Crippen LogP contribution >= 0.6 is 0 Å². The molecule has 0 aliphatic carbocycles. The lowest BCUT2D eigenvalue weighted by molar-refractivity contribution is -0.120. The molecule has 0 aliphatic rings. The topological polar surface area (TPSA) is 125 Å². The van der Waals surface area contributed by atoms with E-state index >= 15 is 0 Å². The average molecular weight is 506 g/mol. The Morgan fingerprint density at radius 2 is 1.51 bits per heavy atom. The maximum Gasteiger partial charge on any atom is 0.343 e. The van der Waals surface area contributed by atoms with Crippen LogP contribution in [-0.4, -0.2) is 51.4 Å². The molecule has 0 bridgehead atoms. The quantitative estimate of drug-likeness (QED) is 0.177. The number of hydrazone groups is 1. The molecule has 10 nitrogen and oxygen atoms in total. The Kier molecular flexibility index (Phi) is 9.60. The van der Waals surface area contributed by atoms with Crippen LogP contribution in [0.4, 0.5) is 0 Å². The van der Waals surface area contributed by atoms with Gasteiger partial charge in [0.1, 0.15) is 11.5 Å². The Balaban J connectivity index is 1.52. The molecule has 3 aromatic carbocycles. The summed E-state index contributed by atoms with van der Waals surface area (Å²) < 4.78 is 21.2. The molecule has 0 fully saturated rings. The van der Waals surface area contributed by atoms with Gasteiger partial charge in [0.2, 0.25) is 0 Å². The van der Waals surface area contributed by atoms with E-state index in [0.29, 0.717) is 40.5 Å². The summed E-state index contributed by atoms with van der Waals surface area (Å²) in [7, 11) is 2.97. The highest BCUT2D eigenvalue weighted by atomic mass is 16.6. The van der Waals surface area contributed by atoms with Gasteiger partial charge in [-0.3, -0.25) is 9.59 Å². The normalized spacial score (nSPS) is 10.5. The number of hydrogen-bond acceptors (Lipinski definition) is 8. The number of methoxy groups -OCH3 is 2. The van der Waals surface area contributed by atoms with Gasteiger partial charge >= 0.3 is 5.97 Å². The molecular formula is C27H27N3O7. The first-order valence-corrected chi connectivity index (χ1v) is 11.3. The lowest BCUT2D eigenvalue weighted by atomic mass is 10.2. The zero-order chi connectivity index (χ0) is 26.6. The summed E-state index contributed by atoms with van der Waals surface area (Å²) in [5, 5.41) is 6.39. The summed E-state index contributed by atoms with van der Waals surface area (Å²) in [4.78, 5) is 36.6. The predicted octanol–water partition coefficient (Wildman–Crippen LogP) is 3.20. The van der Waals surface area contributed by atoms with Crippen LogP contribution in [0, 0.1) is 0 Å². The van der Waals surface area contributed by atoms with Gasteiger partial charge in [0.15, 0.2) is 11.5 Å². The first-order valence-electron chi connectivity index (χ1n) is 11.3. The fraction of sp³-hybridized carbons (Fsp3) is 0.185. The summed E-state index contributed by atoms with van der Waals surface area (Å²) in [5.41, 5.74) is 3.67. The van der Waals surface area contributed by atoms with Crippen molar-refractivity contribution in [1.82, 2.24) is 10.7 Å². The fourth-order valence-corrected chi connectivity index (χ4v) is 3.08. The monoisotopic (exact) mass is 505 g/mol. The van der Waals surface area contributed by atoms with Gasteiger partial charge in [0.05, 0.1) is 39.1 Å². The molecule has 10 heteroatoms. The van der Waals surface area contributed by atoms with E-state index in [0.717, 1.165) is 0 Å². The number of nitrogens with one attached hydrogen (secondary N) is 2. The number of amides is 2. The highest BCUT2D eigenvalue weighted by Crippen LogP contribution is 2.28. The molecule has 0 spiro atoms. The standard InChI is InChI=1S/C27H27N3O7/c1-4-36-22-12-8-20(9-13-22)27(33)37-23-14-5-18(15-24(23)35-3)16-29-30-25(31)17-28-26(32)19-6-10-21(34-2)11-7-19/h5-16H,4,17H2,1-3H3,(H,28,32)(H,30,31)/b29-16-. The van der Waals surface area contributed by atoms with Gasteiger partial charge in [-0.2, -0.15) is 5.10 Å². The van der Waals surface area contributed by atoms with Gasteiger partial charge < -0.3 is 24.3 Å². The van der Waals surface area contributed by atoms with Crippen molar-refractivity contribution in [3.05, 3.63) is 83.4 Å². The molecule has 0 saturated carbocycles. The van der Waals surface area contributed by atoms with Gasteiger partial charge in [0.25, 0.3) is 11.8 Å². The van der Waals surface area contributed by atoms with Crippen LogP contribution in [0.2, 0.25) is 0 Å². The highest BCUT2D eigenvalue weighted by Gasteiger charge is 2.13. The molecule has 37 heavy (non-hydrogen) atoms. The van der Waals surface area contributed by atoms with Crippen LogP contribution in [0.5, 0.6) is 23.0 Å². The molecule has 0 heterocycles. The summed E-state index contributed by atoms with van der Waals surface area (Å²) in [5.74, 6) is 0.357. The fourth-order valence-electron chi connectivity index (χ4n) is 3.08. The van der Waals surface area contributed by atoms with Crippen molar-refractivity contribution < 1.29 is 33.3 Å². The van der Waals surface area contributed by atoms with E-state index in [1.807, 2.05) is 6.92 Å². The van der Waals surface area contributed by atoms with Crippen LogP contribution in [0.25, 0.3) is 0 Å². The van der Waals surface area contributed by atoms with Crippen molar-refractivity contribution in [3.63, 3.8) is 0 Å². The minimum absolute atomic E-state index is 0.226. The summed E-state index contributed by atoms with van der Waals surface area (Å²) in [6.45, 7) is 2.15. The van der Waals surface area contributed by atoms with Gasteiger partial charge in [-0.15, -0.1) is 0 Å². The van der Waals surface area contributed by atoms with Crippen LogP contribution in [-0.2, 0) is 4.79 Å². The largest absolute Gasteiger partial charge is 0.497 e. The number of esters is 1. The van der Waals surface area contributed by atoms with Gasteiger partial charge in [-0.1, -0.05) is 0 Å². The number of hydrogen-bond donors (Lipinski definition) is 2. The second-order valence-corrected chi connectivity index (χ2v) is 7.46. The molecule has 3 rings (SSSR count). The van der Waals surface area contributed by atoms with E-state index < -0.39 is 17.8 Å². The lowest BCUT2D eigenvalue weighted by Gasteiger charge is -2.10. The summed E-state index contributed by atoms with van der Waals surface area (Å²) >= 11 is 0. The average Bonchev–Trinajstić information content (AvgIpc) is 2.93. The second kappa shape index (κ2) is 13.3. The molecule has 0 unspecified atom stereocenters. The Hall–Kier alpha value is -4.86. The van der Waals surface area contributed by atoms with Gasteiger partial charge in [-0.25, -0.2) is 10.2 Å². The summed E-state index contributed by atoms with van der Waals surface area (Å²) in [6, 6.07) is 17.9. The van der Waals surface area contributed by atoms with Crippen molar-refractivity contribution in [2.45, 2.75) is 6.92 Å². The number of carbonyl (C=O) groups excluding carboxylic acids is 3. The molecule has 0 aliphatic heterocycles. The van der Waals surface area contributed by atoms with E-state index in [-0.39, 0.29) is 12.3 Å². The van der Waals surface area contributed by atoms with E-state index in [9.17, 15) is 14.4 Å². The van der Waals surface area contributed by atoms with Crippen molar-refractivity contribution in [2.24, 2.45) is 5.10 Å². The third kappa shape index (κ3) is 7.82. The minimum Gasteiger partial charge on any atom is -0.497 e. The lowest BCUT2D eigenvalue weighted by Crippen LogP contribution is -2.34.